The number of phenols is 1. The van der Waals surface area contributed by atoms with Crippen LogP contribution in [0.5, 0.6) is 5.75 Å². The topological polar surface area (TPSA) is 310 Å². The van der Waals surface area contributed by atoms with Crippen molar-refractivity contribution in [1.29, 1.82) is 0 Å². The zero-order chi connectivity index (χ0) is 45.2. The molecule has 1 aromatic carbocycles. The fourth-order valence-corrected chi connectivity index (χ4v) is 6.84. The highest BCUT2D eigenvalue weighted by Gasteiger charge is 2.40. The van der Waals surface area contributed by atoms with E-state index >= 15 is 0 Å². The number of quaternary nitrogens is 1. The molecule has 1 aliphatic rings. The molecule has 0 aliphatic carbocycles. The Morgan fingerprint density at radius 2 is 1.58 bits per heavy atom. The Balaban J connectivity index is 2.41. The third kappa shape index (κ3) is 17.3. The second-order valence-corrected chi connectivity index (χ2v) is 16.9. The maximum Gasteiger partial charge on any atom is 0.245 e. The molecule has 9 N–H and O–H groups in total. The molecular weight excluding hydrogens is 777 g/mol. The van der Waals surface area contributed by atoms with Crippen LogP contribution in [0.1, 0.15) is 84.6 Å². The molecule has 1 fully saturated rings. The molecule has 1 saturated heterocycles. The molecular formula is C40H66N12O8. The van der Waals surface area contributed by atoms with Crippen LogP contribution in [0.4, 0.5) is 0 Å². The van der Waals surface area contributed by atoms with Crippen LogP contribution in [0.2, 0.25) is 0 Å². The lowest BCUT2D eigenvalue weighted by Gasteiger charge is -2.31. The number of phenolic OH excluding ortho intramolecular Hbond substituents is 1. The number of aliphatic carboxylic acids is 1. The van der Waals surface area contributed by atoms with E-state index in [2.05, 4.69) is 36.3 Å². The van der Waals surface area contributed by atoms with Crippen molar-refractivity contribution in [3.05, 3.63) is 40.3 Å². The zero-order valence-electron chi connectivity index (χ0n) is 36.1. The number of nitrogens with one attached hydrogen (secondary N) is 4. The maximum atomic E-state index is 14.3. The van der Waals surface area contributed by atoms with E-state index in [4.69, 9.17) is 11.5 Å². The van der Waals surface area contributed by atoms with E-state index in [0.29, 0.717) is 35.9 Å². The van der Waals surface area contributed by atoms with Gasteiger partial charge in [0.15, 0.2) is 5.96 Å². The molecule has 5 amide bonds. The molecule has 0 aromatic heterocycles. The van der Waals surface area contributed by atoms with Crippen LogP contribution in [0, 0.1) is 11.8 Å². The monoisotopic (exact) mass is 843 g/mol. The van der Waals surface area contributed by atoms with Gasteiger partial charge in [0.05, 0.1) is 39.7 Å². The number of benzene rings is 1. The van der Waals surface area contributed by atoms with Crippen LogP contribution in [-0.2, 0) is 35.2 Å². The summed E-state index contributed by atoms with van der Waals surface area (Å²) < 4.78 is 0.629. The number of nitrogens with zero attached hydrogens (tertiary/aromatic N) is 6. The highest BCUT2D eigenvalue weighted by Crippen LogP contribution is 2.22. The smallest absolute Gasteiger partial charge is 0.245 e. The van der Waals surface area contributed by atoms with Gasteiger partial charge in [-0.05, 0) is 80.0 Å². The molecule has 2 rings (SSSR count). The number of hydrogen-bond acceptors (Lipinski definition) is 10. The summed E-state index contributed by atoms with van der Waals surface area (Å²) in [6.07, 6.45) is 2.35. The average molecular weight is 843 g/mol. The van der Waals surface area contributed by atoms with E-state index in [1.54, 1.807) is 32.9 Å². The summed E-state index contributed by atoms with van der Waals surface area (Å²) in [6.45, 7) is 8.16. The number of carbonyl (C=O) groups excluding carboxylic acids is 6. The Morgan fingerprint density at radius 1 is 0.933 bits per heavy atom. The number of amides is 5. The van der Waals surface area contributed by atoms with Gasteiger partial charge >= 0.3 is 0 Å². The molecule has 0 saturated carbocycles. The van der Waals surface area contributed by atoms with Gasteiger partial charge in [-0.15, -0.1) is 0 Å². The first-order chi connectivity index (χ1) is 28.2. The minimum atomic E-state index is -1.46. The van der Waals surface area contributed by atoms with E-state index in [1.165, 1.54) is 17.0 Å². The van der Waals surface area contributed by atoms with Crippen molar-refractivity contribution < 1.29 is 43.5 Å². The van der Waals surface area contributed by atoms with Crippen LogP contribution < -0.4 is 37.8 Å². The van der Waals surface area contributed by atoms with Crippen LogP contribution >= 0.6 is 0 Å². The van der Waals surface area contributed by atoms with Crippen molar-refractivity contribution in [3.63, 3.8) is 0 Å². The van der Waals surface area contributed by atoms with Gasteiger partial charge in [-0.1, -0.05) is 51.4 Å². The van der Waals surface area contributed by atoms with Crippen molar-refractivity contribution in [2.45, 2.75) is 122 Å². The molecule has 20 heteroatoms. The molecule has 20 nitrogen and oxygen atoms in total. The van der Waals surface area contributed by atoms with Crippen LogP contribution in [0.15, 0.2) is 34.4 Å². The number of carboxylic acid groups (broad SMARTS) is 1. The van der Waals surface area contributed by atoms with Gasteiger partial charge in [0, 0.05) is 24.4 Å². The number of hydrogen-bond donors (Lipinski definition) is 7. The molecule has 1 aliphatic heterocycles. The lowest BCUT2D eigenvalue weighted by Crippen LogP contribution is -2.60. The van der Waals surface area contributed by atoms with Gasteiger partial charge < -0.3 is 57.1 Å². The van der Waals surface area contributed by atoms with E-state index < -0.39 is 77.7 Å². The number of aromatic hydroxyl groups is 1. The molecule has 7 atom stereocenters. The van der Waals surface area contributed by atoms with Crippen LogP contribution in [0.25, 0.3) is 10.4 Å². The number of guanidine groups is 1. The maximum absolute atomic E-state index is 14.3. The first kappa shape index (κ1) is 50.5. The summed E-state index contributed by atoms with van der Waals surface area (Å²) in [5.41, 5.74) is 20.8. The van der Waals surface area contributed by atoms with Crippen LogP contribution in [-0.4, -0.2) is 133 Å². The lowest BCUT2D eigenvalue weighted by molar-refractivity contribution is -0.870. The fraction of sp³-hybridized carbons (Fsp3) is 0.675. The molecule has 1 aromatic rings. The van der Waals surface area contributed by atoms with Gasteiger partial charge in [0.25, 0.3) is 0 Å². The molecule has 1 heterocycles. The number of nitrogens with two attached hydrogens (primary N) is 2. The van der Waals surface area contributed by atoms with Crippen LogP contribution in [0.3, 0.4) is 0 Å². The Bertz CT molecular complexity index is 1690. The Labute approximate surface area is 352 Å². The van der Waals surface area contributed by atoms with Crippen molar-refractivity contribution in [2.24, 2.45) is 33.4 Å². The third-order valence-corrected chi connectivity index (χ3v) is 10.3. The van der Waals surface area contributed by atoms with Gasteiger partial charge in [-0.3, -0.25) is 29.0 Å². The minimum Gasteiger partial charge on any atom is -0.548 e. The summed E-state index contributed by atoms with van der Waals surface area (Å²) in [7, 11) is 5.98. The van der Waals surface area contributed by atoms with Gasteiger partial charge in [0.2, 0.25) is 29.5 Å². The number of carboxylic acids is 1. The molecule has 60 heavy (non-hydrogen) atoms. The summed E-state index contributed by atoms with van der Waals surface area (Å²) in [5.74, 6) is -5.46. The number of likely N-dealkylation sites (tertiary alicyclic amines) is 1. The van der Waals surface area contributed by atoms with E-state index in [1.807, 2.05) is 28.1 Å². The molecule has 334 valence electrons. The number of carbonyl (C=O) groups is 6. The molecule has 0 bridgehead atoms. The van der Waals surface area contributed by atoms with E-state index in [0.717, 1.165) is 0 Å². The molecule has 0 radical (unpaired) electrons. The van der Waals surface area contributed by atoms with Gasteiger partial charge in [0.1, 0.15) is 36.0 Å². The first-order valence-corrected chi connectivity index (χ1v) is 20.6. The van der Waals surface area contributed by atoms with E-state index in [9.17, 15) is 44.5 Å². The minimum absolute atomic E-state index is 0.0175. The largest absolute Gasteiger partial charge is 0.548 e. The first-order valence-electron chi connectivity index (χ1n) is 20.6. The van der Waals surface area contributed by atoms with Gasteiger partial charge in [-0.25, -0.2) is 0 Å². The lowest BCUT2D eigenvalue weighted by atomic mass is 9.96. The number of aliphatic imine (C=N–C) groups is 1. The normalized spacial score (nSPS) is 16.9. The van der Waals surface area contributed by atoms with E-state index in [-0.39, 0.29) is 69.2 Å². The molecule has 1 unspecified atom stereocenters. The number of rotatable bonds is 25. The predicted molar refractivity (Wildman–Crippen MR) is 223 cm³/mol. The SMILES string of the molecule is CC[C@H](C)[C@@H](NC(=O)[C@@H](Cc1ccc(O)cc1)NC(=O)[C@H]1CCCN1C(=O)[C@@H](CCCN=C(N)N)NC(=O)C(CCC[N+](C)(C)C)N=[N+]=[N-])C(=O)N[C@H](CC(C)C)C(=O)[O-]. The number of azide groups is 1. The Kier molecular flexibility index (Phi) is 20.6. The fourth-order valence-electron chi connectivity index (χ4n) is 6.84. The second kappa shape index (κ2) is 24.5. The summed E-state index contributed by atoms with van der Waals surface area (Å²) >= 11 is 0. The molecule has 0 spiro atoms. The van der Waals surface area contributed by atoms with Crippen molar-refractivity contribution in [1.82, 2.24) is 26.2 Å². The Morgan fingerprint density at radius 3 is 2.15 bits per heavy atom. The van der Waals surface area contributed by atoms with Crippen molar-refractivity contribution in [2.75, 3.05) is 40.8 Å². The quantitative estimate of drug-likeness (QED) is 0.0131. The second-order valence-electron chi connectivity index (χ2n) is 16.9. The highest BCUT2D eigenvalue weighted by molar-refractivity contribution is 5.96. The third-order valence-electron chi connectivity index (χ3n) is 10.3. The predicted octanol–water partition coefficient (Wildman–Crippen LogP) is -0.0741. The van der Waals surface area contributed by atoms with Crippen molar-refractivity contribution >= 4 is 41.5 Å². The average Bonchev–Trinajstić information content (AvgIpc) is 3.67. The van der Waals surface area contributed by atoms with Gasteiger partial charge in [-0.2, -0.15) is 0 Å². The summed E-state index contributed by atoms with van der Waals surface area (Å²) in [4.78, 5) is 89.6. The standard InChI is InChI=1S/C40H66N12O8/c1-8-25(4)33(37(57)47-31(39(59)60)22-24(2)3)48-35(55)30(23-26-15-17-27(53)18-16-26)46-36(56)32-14-10-20-51(32)38(58)29(12-9-19-44-40(41)42)45-34(54)28(49-50-43)13-11-21-52(5,6)7/h15-18,24-25,28-33H,8-14,19-23H2,1-7H3,(H9-,41,42,44,45,46,47,48,53,54,55,56,57,59,60)/t25-,28?,29+,30+,31+,32+,33+/m0/s1. The Hall–Kier alpha value is -5.62. The van der Waals surface area contributed by atoms with Crippen molar-refractivity contribution in [3.8, 4) is 5.75 Å². The zero-order valence-corrected chi connectivity index (χ0v) is 36.1. The highest BCUT2D eigenvalue weighted by atomic mass is 16.4. The summed E-state index contributed by atoms with van der Waals surface area (Å²) in [6, 6.07) is -1.03. The summed E-state index contributed by atoms with van der Waals surface area (Å²) in [5, 5.41) is 36.2.